The fourth-order valence-electron chi connectivity index (χ4n) is 3.06. The molecule has 0 aliphatic heterocycles. The molecule has 0 atom stereocenters. The highest BCUT2D eigenvalue weighted by Gasteiger charge is 2.12. The van der Waals surface area contributed by atoms with E-state index in [2.05, 4.69) is 10.6 Å². The van der Waals surface area contributed by atoms with Gasteiger partial charge in [0.2, 0.25) is 0 Å². The summed E-state index contributed by atoms with van der Waals surface area (Å²) >= 11 is 0. The van der Waals surface area contributed by atoms with Gasteiger partial charge in [-0.3, -0.25) is 15.4 Å². The van der Waals surface area contributed by atoms with Crippen molar-refractivity contribution >= 4 is 11.5 Å². The molecule has 160 valence electrons. The average Bonchev–Trinajstić information content (AvgIpc) is 2.71. The number of rotatable bonds is 9. The second kappa shape index (κ2) is 10.5. The molecule has 7 nitrogen and oxygen atoms in total. The predicted molar refractivity (Wildman–Crippen MR) is 118 cm³/mol. The third-order valence-corrected chi connectivity index (χ3v) is 4.73. The topological polar surface area (TPSA) is 110 Å². The van der Waals surface area contributed by atoms with Gasteiger partial charge in [0, 0.05) is 48.3 Å². The molecule has 0 saturated heterocycles. The highest BCUT2D eigenvalue weighted by molar-refractivity contribution is 5.96. The summed E-state index contributed by atoms with van der Waals surface area (Å²) in [6.45, 7) is 4.23. The average molecular weight is 413 g/mol. The molecule has 2 aromatic rings. The molecule has 2 rings (SSSR count). The summed E-state index contributed by atoms with van der Waals surface area (Å²) in [5.41, 5.74) is 3.78. The normalized spacial score (nSPS) is 11.6. The van der Waals surface area contributed by atoms with Gasteiger partial charge in [-0.25, -0.2) is 4.39 Å². The summed E-state index contributed by atoms with van der Waals surface area (Å²) in [4.78, 5) is 0. The van der Waals surface area contributed by atoms with E-state index in [-0.39, 0.29) is 17.9 Å². The molecule has 0 unspecified atom stereocenters. The van der Waals surface area contributed by atoms with Crippen LogP contribution in [0, 0.1) is 22.0 Å². The molecule has 0 spiro atoms. The largest absolute Gasteiger partial charge is 0.492 e. The molecule has 0 aliphatic rings. The zero-order valence-corrected chi connectivity index (χ0v) is 17.8. The van der Waals surface area contributed by atoms with E-state index in [0.717, 1.165) is 11.3 Å². The van der Waals surface area contributed by atoms with Crippen LogP contribution in [0.15, 0.2) is 47.8 Å². The van der Waals surface area contributed by atoms with Gasteiger partial charge in [0.1, 0.15) is 22.9 Å². The second-order valence-electron chi connectivity index (χ2n) is 6.87. The number of hydrogen-bond donors (Lipinski definition) is 5. The summed E-state index contributed by atoms with van der Waals surface area (Å²) in [6, 6.07) is 7.68. The molecule has 0 bridgehead atoms. The highest BCUT2D eigenvalue weighted by Crippen LogP contribution is 2.30. The molecular formula is C22H29FN6O. The smallest absolute Gasteiger partial charge is 0.130 e. The SMILES string of the molecule is CNCC(=N)n1cc(-c2ccc(F)cc2OCC/C(C(C)=N)=C(\C)NC)ccc1=N. The maximum atomic E-state index is 13.9. The van der Waals surface area contributed by atoms with Crippen LogP contribution < -0.4 is 20.9 Å². The molecule has 1 heterocycles. The quantitative estimate of drug-likeness (QED) is 0.322. The Balaban J connectivity index is 2.34. The fourth-order valence-corrected chi connectivity index (χ4v) is 3.06. The third-order valence-electron chi connectivity index (χ3n) is 4.73. The first kappa shape index (κ1) is 23.0. The van der Waals surface area contributed by atoms with E-state index in [9.17, 15) is 4.39 Å². The lowest BCUT2D eigenvalue weighted by Gasteiger charge is -2.16. The van der Waals surface area contributed by atoms with Crippen LogP contribution in [0.1, 0.15) is 20.3 Å². The Hall–Kier alpha value is -3.26. The number of halogens is 1. The van der Waals surface area contributed by atoms with Gasteiger partial charge in [-0.15, -0.1) is 0 Å². The Bertz CT molecular complexity index is 1020. The molecule has 0 saturated carbocycles. The minimum atomic E-state index is -0.410. The number of likely N-dealkylation sites (N-methyl/N-ethyl adjacent to an activating group) is 1. The van der Waals surface area contributed by atoms with Crippen molar-refractivity contribution in [2.45, 2.75) is 20.3 Å². The van der Waals surface area contributed by atoms with Gasteiger partial charge in [-0.2, -0.15) is 0 Å². The van der Waals surface area contributed by atoms with Crippen molar-refractivity contribution in [3.63, 3.8) is 0 Å². The standard InChI is InChI=1S/C22H29FN6O/c1-14(24)18(15(2)28-4)9-10-30-20-11-17(23)6-7-19(20)16-5-8-21(25)29(13-16)22(26)12-27-3/h5-8,11,13,24-28H,9-10,12H2,1-4H3/b18-15-,24-14?,25-21?,26-22?. The molecule has 0 radical (unpaired) electrons. The first-order valence-corrected chi connectivity index (χ1v) is 9.64. The summed E-state index contributed by atoms with van der Waals surface area (Å²) < 4.78 is 21.3. The lowest BCUT2D eigenvalue weighted by molar-refractivity contribution is 0.322. The van der Waals surface area contributed by atoms with Gasteiger partial charge in [0.15, 0.2) is 0 Å². The number of aromatic nitrogens is 1. The number of nitrogens with one attached hydrogen (secondary N) is 5. The van der Waals surface area contributed by atoms with Crippen LogP contribution in [0.5, 0.6) is 5.75 Å². The number of nitrogens with zero attached hydrogens (tertiary/aromatic N) is 1. The van der Waals surface area contributed by atoms with Crippen LogP contribution in [0.4, 0.5) is 4.39 Å². The minimum absolute atomic E-state index is 0.183. The lowest BCUT2D eigenvalue weighted by atomic mass is 10.1. The first-order valence-electron chi connectivity index (χ1n) is 9.64. The molecule has 0 aliphatic carbocycles. The van der Waals surface area contributed by atoms with Crippen LogP contribution in [-0.4, -0.2) is 43.4 Å². The van der Waals surface area contributed by atoms with Crippen molar-refractivity contribution < 1.29 is 9.13 Å². The molecule has 0 amide bonds. The highest BCUT2D eigenvalue weighted by atomic mass is 19.1. The van der Waals surface area contributed by atoms with E-state index in [0.29, 0.717) is 35.6 Å². The maximum Gasteiger partial charge on any atom is 0.130 e. The van der Waals surface area contributed by atoms with E-state index in [1.54, 1.807) is 45.4 Å². The van der Waals surface area contributed by atoms with E-state index in [1.165, 1.54) is 16.7 Å². The van der Waals surface area contributed by atoms with Crippen LogP contribution >= 0.6 is 0 Å². The number of hydrogen-bond acceptors (Lipinski definition) is 6. The monoisotopic (exact) mass is 412 g/mol. The van der Waals surface area contributed by atoms with Crippen LogP contribution in [-0.2, 0) is 0 Å². The van der Waals surface area contributed by atoms with E-state index >= 15 is 0 Å². The van der Waals surface area contributed by atoms with Crippen LogP contribution in [0.3, 0.4) is 0 Å². The number of allylic oxidation sites excluding steroid dienone is 1. The Morgan fingerprint density at radius 2 is 1.87 bits per heavy atom. The molecule has 5 N–H and O–H groups in total. The molecule has 1 aromatic heterocycles. The summed E-state index contributed by atoms with van der Waals surface area (Å²) in [6.07, 6.45) is 2.19. The predicted octanol–water partition coefficient (Wildman–Crippen LogP) is 3.12. The van der Waals surface area contributed by atoms with Crippen LogP contribution in [0.2, 0.25) is 0 Å². The van der Waals surface area contributed by atoms with Crippen molar-refractivity contribution in [3.05, 3.63) is 59.1 Å². The number of benzene rings is 1. The summed E-state index contributed by atoms with van der Waals surface area (Å²) in [7, 11) is 3.55. The van der Waals surface area contributed by atoms with E-state index in [4.69, 9.17) is 21.0 Å². The Morgan fingerprint density at radius 1 is 1.13 bits per heavy atom. The van der Waals surface area contributed by atoms with Gasteiger partial charge in [0.05, 0.1) is 13.2 Å². The minimum Gasteiger partial charge on any atom is -0.492 e. The molecule has 30 heavy (non-hydrogen) atoms. The van der Waals surface area contributed by atoms with Crippen molar-refractivity contribution in [2.75, 3.05) is 27.2 Å². The zero-order valence-electron chi connectivity index (χ0n) is 17.8. The Kier molecular flexibility index (Phi) is 8.06. The second-order valence-corrected chi connectivity index (χ2v) is 6.87. The number of ether oxygens (including phenoxy) is 1. The fraction of sp³-hybridized carbons (Fsp3) is 0.318. The lowest BCUT2D eigenvalue weighted by Crippen LogP contribution is -2.32. The molecular weight excluding hydrogens is 383 g/mol. The number of pyridine rings is 1. The van der Waals surface area contributed by atoms with Gasteiger partial charge in [-0.05, 0) is 50.7 Å². The van der Waals surface area contributed by atoms with Gasteiger partial charge < -0.3 is 20.8 Å². The first-order chi connectivity index (χ1) is 14.3. The Morgan fingerprint density at radius 3 is 2.50 bits per heavy atom. The molecule has 1 aromatic carbocycles. The van der Waals surface area contributed by atoms with Crippen molar-refractivity contribution in [2.24, 2.45) is 0 Å². The van der Waals surface area contributed by atoms with Gasteiger partial charge in [0.25, 0.3) is 0 Å². The van der Waals surface area contributed by atoms with E-state index < -0.39 is 5.82 Å². The Labute approximate surface area is 176 Å². The van der Waals surface area contributed by atoms with Crippen molar-refractivity contribution in [1.82, 2.24) is 15.2 Å². The van der Waals surface area contributed by atoms with Gasteiger partial charge >= 0.3 is 0 Å². The summed E-state index contributed by atoms with van der Waals surface area (Å²) in [5.74, 6) is 0.198. The third kappa shape index (κ3) is 5.64. The zero-order chi connectivity index (χ0) is 22.3. The maximum absolute atomic E-state index is 13.9. The van der Waals surface area contributed by atoms with Crippen molar-refractivity contribution in [3.8, 4) is 16.9 Å². The molecule has 0 fully saturated rings. The van der Waals surface area contributed by atoms with E-state index in [1.807, 2.05) is 6.92 Å². The van der Waals surface area contributed by atoms with Crippen LogP contribution in [0.25, 0.3) is 11.1 Å². The van der Waals surface area contributed by atoms with Gasteiger partial charge in [-0.1, -0.05) is 0 Å². The summed E-state index contributed by atoms with van der Waals surface area (Å²) in [5, 5.41) is 30.1. The van der Waals surface area contributed by atoms with Crippen molar-refractivity contribution in [1.29, 1.82) is 16.2 Å². The molecule has 8 heteroatoms.